The van der Waals surface area contributed by atoms with Crippen LogP contribution in [0.5, 0.6) is 0 Å². The van der Waals surface area contributed by atoms with Crippen LogP contribution in [0.1, 0.15) is 15.9 Å². The summed E-state index contributed by atoms with van der Waals surface area (Å²) in [5.41, 5.74) is 2.22. The summed E-state index contributed by atoms with van der Waals surface area (Å²) in [5.74, 6) is -0.241. The minimum Gasteiger partial charge on any atom is -0.320 e. The Morgan fingerprint density at radius 2 is 1.89 bits per heavy atom. The van der Waals surface area contributed by atoms with Crippen LogP contribution in [0.4, 0.5) is 5.69 Å². The van der Waals surface area contributed by atoms with Crippen LogP contribution in [0.2, 0.25) is 5.15 Å². The Morgan fingerprint density at radius 3 is 2.42 bits per heavy atom. The predicted octanol–water partition coefficient (Wildman–Crippen LogP) is 4.82. The fraction of sp³-hybridized carbons (Fsp3) is 0.0769. The number of halogens is 3. The van der Waals surface area contributed by atoms with Crippen molar-refractivity contribution in [3.05, 3.63) is 55.7 Å². The summed E-state index contributed by atoms with van der Waals surface area (Å²) in [6.07, 6.45) is 1.44. The Morgan fingerprint density at radius 1 is 1.26 bits per heavy atom. The molecule has 1 N–H and O–H groups in total. The highest BCUT2D eigenvalue weighted by atomic mass is 79.9. The van der Waals surface area contributed by atoms with Gasteiger partial charge in [-0.3, -0.25) is 4.79 Å². The molecule has 2 rings (SSSR count). The van der Waals surface area contributed by atoms with Crippen molar-refractivity contribution in [3.8, 4) is 0 Å². The molecule has 0 aliphatic heterocycles. The maximum atomic E-state index is 12.1. The van der Waals surface area contributed by atoms with E-state index in [0.717, 1.165) is 14.5 Å². The first-order valence-corrected chi connectivity index (χ1v) is 7.32. The zero-order valence-corrected chi connectivity index (χ0v) is 13.8. The first kappa shape index (κ1) is 14.5. The number of pyridine rings is 1. The third-order valence-electron chi connectivity index (χ3n) is 2.41. The van der Waals surface area contributed by atoms with Crippen LogP contribution in [0.15, 0.2) is 39.4 Å². The lowest BCUT2D eigenvalue weighted by Gasteiger charge is -2.10. The topological polar surface area (TPSA) is 42.0 Å². The minimum absolute atomic E-state index is 0.241. The molecular formula is C13H9Br2ClN2O. The number of nitrogens with zero attached hydrogens (tertiary/aromatic N) is 1. The summed E-state index contributed by atoms with van der Waals surface area (Å²) in [5, 5.41) is 3.18. The van der Waals surface area contributed by atoms with E-state index in [1.54, 1.807) is 12.1 Å². The van der Waals surface area contributed by atoms with Crippen molar-refractivity contribution in [1.82, 2.24) is 4.98 Å². The van der Waals surface area contributed by atoms with Gasteiger partial charge in [-0.2, -0.15) is 0 Å². The highest BCUT2D eigenvalue weighted by molar-refractivity contribution is 9.11. The summed E-state index contributed by atoms with van der Waals surface area (Å²) in [4.78, 5) is 16.0. The first-order chi connectivity index (χ1) is 8.97. The molecule has 1 aromatic carbocycles. The highest BCUT2D eigenvalue weighted by Crippen LogP contribution is 2.32. The number of carbonyl (C=O) groups excluding carboxylic acids is 1. The lowest BCUT2D eigenvalue weighted by atomic mass is 10.2. The van der Waals surface area contributed by atoms with Gasteiger partial charge in [0.1, 0.15) is 5.15 Å². The Hall–Kier alpha value is -0.910. The molecule has 0 fully saturated rings. The van der Waals surface area contributed by atoms with E-state index in [1.165, 1.54) is 6.20 Å². The van der Waals surface area contributed by atoms with E-state index in [2.05, 4.69) is 42.2 Å². The van der Waals surface area contributed by atoms with Crippen molar-refractivity contribution >= 4 is 55.1 Å². The molecule has 0 saturated heterocycles. The molecule has 98 valence electrons. The van der Waals surface area contributed by atoms with Crippen LogP contribution in [-0.2, 0) is 0 Å². The molecule has 1 heterocycles. The van der Waals surface area contributed by atoms with Crippen molar-refractivity contribution in [1.29, 1.82) is 0 Å². The first-order valence-electron chi connectivity index (χ1n) is 5.36. The van der Waals surface area contributed by atoms with Crippen LogP contribution < -0.4 is 5.32 Å². The van der Waals surface area contributed by atoms with Gasteiger partial charge in [-0.05, 0) is 68.6 Å². The van der Waals surface area contributed by atoms with E-state index in [1.807, 2.05) is 19.1 Å². The summed E-state index contributed by atoms with van der Waals surface area (Å²) in [6, 6.07) is 7.07. The van der Waals surface area contributed by atoms with E-state index in [4.69, 9.17) is 11.6 Å². The molecule has 0 radical (unpaired) electrons. The van der Waals surface area contributed by atoms with Gasteiger partial charge in [0.2, 0.25) is 0 Å². The van der Waals surface area contributed by atoms with E-state index < -0.39 is 0 Å². The zero-order chi connectivity index (χ0) is 14.0. The van der Waals surface area contributed by atoms with Gasteiger partial charge in [0, 0.05) is 15.1 Å². The molecule has 1 amide bonds. The number of carbonyl (C=O) groups is 1. The molecule has 3 nitrogen and oxygen atoms in total. The van der Waals surface area contributed by atoms with Crippen molar-refractivity contribution in [2.24, 2.45) is 0 Å². The molecule has 19 heavy (non-hydrogen) atoms. The summed E-state index contributed by atoms with van der Waals surface area (Å²) in [6.45, 7) is 1.98. The van der Waals surface area contributed by atoms with Crippen LogP contribution >= 0.6 is 43.5 Å². The van der Waals surface area contributed by atoms with Crippen LogP contribution in [-0.4, -0.2) is 10.9 Å². The van der Waals surface area contributed by atoms with Crippen LogP contribution in [0.25, 0.3) is 0 Å². The summed E-state index contributed by atoms with van der Waals surface area (Å²) < 4.78 is 1.63. The minimum atomic E-state index is -0.241. The molecule has 6 heteroatoms. The molecule has 0 bridgehead atoms. The van der Waals surface area contributed by atoms with E-state index in [-0.39, 0.29) is 5.91 Å². The molecule has 0 aliphatic carbocycles. The van der Waals surface area contributed by atoms with Gasteiger partial charge >= 0.3 is 0 Å². The average Bonchev–Trinajstić information content (AvgIpc) is 2.34. The second-order valence-electron chi connectivity index (χ2n) is 3.93. The Bertz CT molecular complexity index is 606. The lowest BCUT2D eigenvalue weighted by Crippen LogP contribution is -2.13. The molecule has 0 spiro atoms. The number of aromatic nitrogens is 1. The molecule has 0 atom stereocenters. The van der Waals surface area contributed by atoms with Gasteiger partial charge in [-0.1, -0.05) is 11.6 Å². The normalized spacial score (nSPS) is 10.3. The monoisotopic (exact) mass is 402 g/mol. The van der Waals surface area contributed by atoms with Crippen molar-refractivity contribution in [2.75, 3.05) is 5.32 Å². The number of amides is 1. The van der Waals surface area contributed by atoms with Gasteiger partial charge in [0.15, 0.2) is 0 Å². The third-order valence-corrected chi connectivity index (χ3v) is 3.89. The number of aryl methyl sites for hydroxylation is 1. The van der Waals surface area contributed by atoms with Crippen LogP contribution in [0.3, 0.4) is 0 Å². The van der Waals surface area contributed by atoms with Gasteiger partial charge in [-0.25, -0.2) is 4.98 Å². The second kappa shape index (κ2) is 6.03. The maximum absolute atomic E-state index is 12.1. The predicted molar refractivity (Wildman–Crippen MR) is 83.8 cm³/mol. The van der Waals surface area contributed by atoms with Gasteiger partial charge in [0.05, 0.1) is 11.3 Å². The van der Waals surface area contributed by atoms with Gasteiger partial charge in [-0.15, -0.1) is 0 Å². The number of anilines is 1. The lowest BCUT2D eigenvalue weighted by molar-refractivity contribution is 0.102. The van der Waals surface area contributed by atoms with Crippen LogP contribution in [0, 0.1) is 6.92 Å². The quantitative estimate of drug-likeness (QED) is 0.729. The SMILES string of the molecule is Cc1cc(Br)c(NC(=O)c2ccc(Cl)nc2)c(Br)c1. The molecule has 1 aromatic heterocycles. The number of hydrogen-bond acceptors (Lipinski definition) is 2. The van der Waals surface area contributed by atoms with E-state index >= 15 is 0 Å². The standard InChI is InChI=1S/C13H9Br2ClN2O/c1-7-4-9(14)12(10(15)5-7)18-13(19)8-2-3-11(16)17-6-8/h2-6H,1H3,(H,18,19). The molecule has 0 unspecified atom stereocenters. The third kappa shape index (κ3) is 3.55. The van der Waals surface area contributed by atoms with E-state index in [0.29, 0.717) is 16.4 Å². The number of nitrogens with one attached hydrogen (secondary N) is 1. The number of hydrogen-bond donors (Lipinski definition) is 1. The fourth-order valence-electron chi connectivity index (χ4n) is 1.52. The molecule has 0 aliphatic rings. The second-order valence-corrected chi connectivity index (χ2v) is 6.02. The Balaban J connectivity index is 2.26. The average molecular weight is 404 g/mol. The smallest absolute Gasteiger partial charge is 0.257 e. The number of benzene rings is 1. The summed E-state index contributed by atoms with van der Waals surface area (Å²) in [7, 11) is 0. The Kier molecular flexibility index (Phi) is 4.60. The molecule has 2 aromatic rings. The maximum Gasteiger partial charge on any atom is 0.257 e. The zero-order valence-electron chi connectivity index (χ0n) is 9.88. The largest absolute Gasteiger partial charge is 0.320 e. The highest BCUT2D eigenvalue weighted by Gasteiger charge is 2.12. The Labute approximate surface area is 132 Å². The summed E-state index contributed by atoms with van der Waals surface area (Å²) >= 11 is 12.5. The number of rotatable bonds is 2. The van der Waals surface area contributed by atoms with E-state index in [9.17, 15) is 4.79 Å². The van der Waals surface area contributed by atoms with Gasteiger partial charge in [0.25, 0.3) is 5.91 Å². The van der Waals surface area contributed by atoms with Crippen molar-refractivity contribution in [3.63, 3.8) is 0 Å². The fourth-order valence-corrected chi connectivity index (χ4v) is 3.24. The molecular weight excluding hydrogens is 395 g/mol. The van der Waals surface area contributed by atoms with Crippen molar-refractivity contribution in [2.45, 2.75) is 6.92 Å². The molecule has 0 saturated carbocycles. The van der Waals surface area contributed by atoms with Crippen molar-refractivity contribution < 1.29 is 4.79 Å². The van der Waals surface area contributed by atoms with Gasteiger partial charge < -0.3 is 5.32 Å².